The molecule has 1 amide bonds. The molecule has 8 nitrogen and oxygen atoms in total. The van der Waals surface area contributed by atoms with E-state index in [9.17, 15) is 14.4 Å². The Balaban J connectivity index is 4.94. The SMILES string of the molecule is CC(C)(C)OC(=O)CC[C@@H](C(=O)OCCSCCO)N(C=O)OC(C)(C)C. The van der Waals surface area contributed by atoms with Crippen LogP contribution in [0.1, 0.15) is 54.4 Å². The first-order valence-corrected chi connectivity index (χ1v) is 10.0. The van der Waals surface area contributed by atoms with Gasteiger partial charge in [-0.1, -0.05) is 0 Å². The van der Waals surface area contributed by atoms with Gasteiger partial charge in [0.05, 0.1) is 12.2 Å². The van der Waals surface area contributed by atoms with Gasteiger partial charge in [-0.05, 0) is 48.0 Å². The van der Waals surface area contributed by atoms with Crippen LogP contribution in [0.15, 0.2) is 0 Å². The Morgan fingerprint density at radius 2 is 1.74 bits per heavy atom. The lowest BCUT2D eigenvalue weighted by molar-refractivity contribution is -0.236. The highest BCUT2D eigenvalue weighted by atomic mass is 32.2. The molecule has 0 aromatic carbocycles. The van der Waals surface area contributed by atoms with Gasteiger partial charge in [0, 0.05) is 17.9 Å². The van der Waals surface area contributed by atoms with Crippen molar-refractivity contribution in [3.8, 4) is 0 Å². The minimum absolute atomic E-state index is 0.0202. The van der Waals surface area contributed by atoms with E-state index in [4.69, 9.17) is 19.4 Å². The Morgan fingerprint density at radius 1 is 1.11 bits per heavy atom. The highest BCUT2D eigenvalue weighted by molar-refractivity contribution is 7.99. The topological polar surface area (TPSA) is 102 Å². The fourth-order valence-corrected chi connectivity index (χ4v) is 2.47. The minimum Gasteiger partial charge on any atom is -0.463 e. The van der Waals surface area contributed by atoms with E-state index in [1.807, 2.05) is 0 Å². The molecule has 27 heavy (non-hydrogen) atoms. The maximum Gasteiger partial charge on any atom is 0.331 e. The van der Waals surface area contributed by atoms with Gasteiger partial charge in [0.1, 0.15) is 12.2 Å². The molecule has 0 heterocycles. The number of carbonyl (C=O) groups is 3. The number of hydrogen-bond acceptors (Lipinski definition) is 8. The number of rotatable bonds is 12. The smallest absolute Gasteiger partial charge is 0.331 e. The van der Waals surface area contributed by atoms with Gasteiger partial charge in [0.2, 0.25) is 6.41 Å². The van der Waals surface area contributed by atoms with E-state index in [0.29, 0.717) is 17.9 Å². The summed E-state index contributed by atoms with van der Waals surface area (Å²) in [6, 6.07) is -1.06. The predicted octanol–water partition coefficient (Wildman–Crippen LogP) is 1.93. The van der Waals surface area contributed by atoms with Gasteiger partial charge < -0.3 is 14.6 Å². The lowest BCUT2D eigenvalue weighted by atomic mass is 10.1. The lowest BCUT2D eigenvalue weighted by Crippen LogP contribution is -2.45. The third-order valence-corrected chi connectivity index (χ3v) is 3.74. The summed E-state index contributed by atoms with van der Waals surface area (Å²) in [5.74, 6) is -0.0561. The molecule has 0 spiro atoms. The normalized spacial score (nSPS) is 13.0. The summed E-state index contributed by atoms with van der Waals surface area (Å²) in [4.78, 5) is 41.4. The third-order valence-electron chi connectivity index (χ3n) is 2.81. The van der Waals surface area contributed by atoms with E-state index in [1.165, 1.54) is 11.8 Å². The first-order valence-electron chi connectivity index (χ1n) is 8.89. The van der Waals surface area contributed by atoms with Crippen molar-refractivity contribution < 1.29 is 33.8 Å². The largest absolute Gasteiger partial charge is 0.463 e. The average Bonchev–Trinajstić information content (AvgIpc) is 2.50. The van der Waals surface area contributed by atoms with Gasteiger partial charge >= 0.3 is 11.9 Å². The summed E-state index contributed by atoms with van der Waals surface area (Å²) in [5.41, 5.74) is -1.34. The average molecular weight is 408 g/mol. The molecule has 0 aliphatic heterocycles. The van der Waals surface area contributed by atoms with Gasteiger partial charge in [-0.2, -0.15) is 11.8 Å². The molecule has 0 radical (unpaired) electrons. The van der Waals surface area contributed by atoms with Crippen molar-refractivity contribution in [2.45, 2.75) is 71.6 Å². The quantitative estimate of drug-likeness (QED) is 0.227. The van der Waals surface area contributed by atoms with Crippen LogP contribution in [-0.4, -0.2) is 70.5 Å². The third kappa shape index (κ3) is 13.5. The van der Waals surface area contributed by atoms with Gasteiger partial charge in [0.25, 0.3) is 0 Å². The van der Waals surface area contributed by atoms with Crippen molar-refractivity contribution in [3.63, 3.8) is 0 Å². The van der Waals surface area contributed by atoms with Crippen molar-refractivity contribution in [2.24, 2.45) is 0 Å². The Morgan fingerprint density at radius 3 is 2.22 bits per heavy atom. The second-order valence-corrected chi connectivity index (χ2v) is 9.04. The number of hydrogen-bond donors (Lipinski definition) is 1. The predicted molar refractivity (Wildman–Crippen MR) is 103 cm³/mol. The Labute approximate surface area is 165 Å². The van der Waals surface area contributed by atoms with Gasteiger partial charge in [-0.3, -0.25) is 14.4 Å². The summed E-state index contributed by atoms with van der Waals surface area (Å²) >= 11 is 1.44. The van der Waals surface area contributed by atoms with Crippen LogP contribution in [0, 0.1) is 0 Å². The molecule has 0 aliphatic rings. The van der Waals surface area contributed by atoms with E-state index in [1.54, 1.807) is 41.5 Å². The van der Waals surface area contributed by atoms with Crippen LogP contribution in [0.3, 0.4) is 0 Å². The summed E-state index contributed by atoms with van der Waals surface area (Å²) in [6.45, 7) is 10.7. The highest BCUT2D eigenvalue weighted by Gasteiger charge is 2.32. The number of carbonyl (C=O) groups excluding carboxylic acids is 3. The minimum atomic E-state index is -1.06. The fourth-order valence-electron chi connectivity index (χ4n) is 1.93. The molecule has 0 saturated heterocycles. The fraction of sp³-hybridized carbons (Fsp3) is 0.833. The van der Waals surface area contributed by atoms with Gasteiger partial charge in [0.15, 0.2) is 6.04 Å². The molecule has 1 atom stereocenters. The molecule has 0 aliphatic carbocycles. The number of aliphatic hydroxyl groups is 1. The molecule has 0 fully saturated rings. The lowest BCUT2D eigenvalue weighted by Gasteiger charge is -2.31. The summed E-state index contributed by atoms with van der Waals surface area (Å²) in [6.07, 6.45) is 0.368. The number of aliphatic hydroxyl groups excluding tert-OH is 1. The second-order valence-electron chi connectivity index (χ2n) is 7.81. The maximum atomic E-state index is 12.4. The van der Waals surface area contributed by atoms with Crippen LogP contribution in [0.4, 0.5) is 0 Å². The van der Waals surface area contributed by atoms with Crippen LogP contribution in [0.2, 0.25) is 0 Å². The van der Waals surface area contributed by atoms with Crippen molar-refractivity contribution in [3.05, 3.63) is 0 Å². The van der Waals surface area contributed by atoms with E-state index >= 15 is 0 Å². The standard InChI is InChI=1S/C18H33NO7S/c1-17(2,3)25-15(22)8-7-14(19(13-21)26-18(4,5)6)16(23)24-10-12-27-11-9-20/h13-14,20H,7-12H2,1-6H3/t14-/m0/s1. The van der Waals surface area contributed by atoms with Gasteiger partial charge in [-0.25, -0.2) is 9.86 Å². The number of hydroxylamine groups is 2. The van der Waals surface area contributed by atoms with Crippen molar-refractivity contribution in [2.75, 3.05) is 24.7 Å². The van der Waals surface area contributed by atoms with Crippen LogP contribution in [0.25, 0.3) is 0 Å². The zero-order valence-electron chi connectivity index (χ0n) is 17.1. The number of esters is 2. The van der Waals surface area contributed by atoms with E-state index in [2.05, 4.69) is 0 Å². The second kappa shape index (κ2) is 12.2. The Bertz CT molecular complexity index is 471. The van der Waals surface area contributed by atoms with E-state index < -0.39 is 29.2 Å². The number of ether oxygens (including phenoxy) is 2. The zero-order valence-corrected chi connectivity index (χ0v) is 18.0. The zero-order chi connectivity index (χ0) is 21.1. The number of amides is 1. The molecule has 0 aromatic heterocycles. The number of thioether (sulfide) groups is 1. The Hall–Kier alpha value is -1.32. The van der Waals surface area contributed by atoms with E-state index in [-0.39, 0.29) is 26.1 Å². The Kier molecular flexibility index (Phi) is 11.6. The molecule has 9 heteroatoms. The monoisotopic (exact) mass is 407 g/mol. The molecule has 0 unspecified atom stereocenters. The van der Waals surface area contributed by atoms with Crippen LogP contribution >= 0.6 is 11.8 Å². The highest BCUT2D eigenvalue weighted by Crippen LogP contribution is 2.17. The summed E-state index contributed by atoms with van der Waals surface area (Å²) in [7, 11) is 0. The first-order chi connectivity index (χ1) is 12.4. The molecule has 1 N–H and O–H groups in total. The molecule has 0 bridgehead atoms. The first kappa shape index (κ1) is 25.7. The maximum absolute atomic E-state index is 12.4. The van der Waals surface area contributed by atoms with Crippen LogP contribution < -0.4 is 0 Å². The molecule has 0 aromatic rings. The van der Waals surface area contributed by atoms with Crippen LogP contribution in [0.5, 0.6) is 0 Å². The molecular formula is C18H33NO7S. The van der Waals surface area contributed by atoms with Crippen LogP contribution in [-0.2, 0) is 28.7 Å². The summed E-state index contributed by atoms with van der Waals surface area (Å²) in [5, 5.41) is 9.64. The number of nitrogens with zero attached hydrogens (tertiary/aromatic N) is 1. The molecule has 0 rings (SSSR count). The van der Waals surface area contributed by atoms with Crippen molar-refractivity contribution >= 4 is 30.1 Å². The van der Waals surface area contributed by atoms with Crippen molar-refractivity contribution in [1.29, 1.82) is 0 Å². The van der Waals surface area contributed by atoms with Gasteiger partial charge in [-0.15, -0.1) is 0 Å². The summed E-state index contributed by atoms with van der Waals surface area (Å²) < 4.78 is 10.4. The molecule has 0 saturated carbocycles. The van der Waals surface area contributed by atoms with Crippen molar-refractivity contribution in [1.82, 2.24) is 5.06 Å². The van der Waals surface area contributed by atoms with E-state index in [0.717, 1.165) is 5.06 Å². The molecule has 158 valence electrons. The molecular weight excluding hydrogens is 374 g/mol.